The standard InChI is InChI=1S/C16H16BrNO2/c1-18(11-12-5-7-14(17)8-6-12)16(20)10-13-3-2-4-15(19)9-13/h2-9,19H,10-11H2,1H3. The first-order valence-corrected chi connectivity index (χ1v) is 7.10. The van der Waals surface area contributed by atoms with Gasteiger partial charge >= 0.3 is 0 Å². The maximum atomic E-state index is 12.1. The van der Waals surface area contributed by atoms with Gasteiger partial charge in [0.05, 0.1) is 6.42 Å². The number of likely N-dealkylation sites (N-methyl/N-ethyl adjacent to an activating group) is 1. The third-order valence-corrected chi connectivity index (χ3v) is 3.55. The molecule has 0 atom stereocenters. The van der Waals surface area contributed by atoms with E-state index in [-0.39, 0.29) is 11.7 Å². The zero-order valence-corrected chi connectivity index (χ0v) is 12.8. The molecule has 0 spiro atoms. The molecule has 20 heavy (non-hydrogen) atoms. The number of amides is 1. The van der Waals surface area contributed by atoms with Crippen LogP contribution >= 0.6 is 15.9 Å². The van der Waals surface area contributed by atoms with Gasteiger partial charge in [-0.25, -0.2) is 0 Å². The van der Waals surface area contributed by atoms with Crippen molar-refractivity contribution in [1.29, 1.82) is 0 Å². The van der Waals surface area contributed by atoms with Crippen LogP contribution in [0.2, 0.25) is 0 Å². The quantitative estimate of drug-likeness (QED) is 0.931. The molecule has 0 saturated carbocycles. The molecule has 0 bridgehead atoms. The highest BCUT2D eigenvalue weighted by Gasteiger charge is 2.10. The molecule has 3 nitrogen and oxygen atoms in total. The fraction of sp³-hybridized carbons (Fsp3) is 0.188. The maximum Gasteiger partial charge on any atom is 0.227 e. The van der Waals surface area contributed by atoms with Crippen LogP contribution in [-0.4, -0.2) is 23.0 Å². The number of hydrogen-bond acceptors (Lipinski definition) is 2. The van der Waals surface area contributed by atoms with E-state index in [0.717, 1.165) is 15.6 Å². The van der Waals surface area contributed by atoms with Crippen LogP contribution in [0, 0.1) is 0 Å². The van der Waals surface area contributed by atoms with Crippen molar-refractivity contribution in [3.8, 4) is 5.75 Å². The lowest BCUT2D eigenvalue weighted by Gasteiger charge is -2.17. The van der Waals surface area contributed by atoms with E-state index in [1.165, 1.54) is 0 Å². The Morgan fingerprint density at radius 3 is 2.50 bits per heavy atom. The number of nitrogens with zero attached hydrogens (tertiary/aromatic N) is 1. The summed E-state index contributed by atoms with van der Waals surface area (Å²) < 4.78 is 1.02. The number of halogens is 1. The topological polar surface area (TPSA) is 40.5 Å². The zero-order chi connectivity index (χ0) is 14.5. The van der Waals surface area contributed by atoms with Gasteiger partial charge in [0.1, 0.15) is 5.75 Å². The summed E-state index contributed by atoms with van der Waals surface area (Å²) in [5, 5.41) is 9.40. The molecule has 0 aliphatic rings. The number of carbonyl (C=O) groups is 1. The predicted octanol–water partition coefficient (Wildman–Crippen LogP) is 3.36. The summed E-state index contributed by atoms with van der Waals surface area (Å²) in [5.74, 6) is 0.212. The third kappa shape index (κ3) is 4.10. The molecule has 0 unspecified atom stereocenters. The summed E-state index contributed by atoms with van der Waals surface area (Å²) in [6.45, 7) is 0.574. The summed E-state index contributed by atoms with van der Waals surface area (Å²) >= 11 is 3.39. The zero-order valence-electron chi connectivity index (χ0n) is 11.2. The monoisotopic (exact) mass is 333 g/mol. The lowest BCUT2D eigenvalue weighted by Crippen LogP contribution is -2.27. The Morgan fingerprint density at radius 2 is 1.85 bits per heavy atom. The van der Waals surface area contributed by atoms with Gasteiger partial charge in [0, 0.05) is 18.1 Å². The normalized spacial score (nSPS) is 10.3. The predicted molar refractivity (Wildman–Crippen MR) is 82.4 cm³/mol. The van der Waals surface area contributed by atoms with Crippen LogP contribution in [0.4, 0.5) is 0 Å². The second kappa shape index (κ2) is 6.57. The van der Waals surface area contributed by atoms with Crippen molar-refractivity contribution in [2.75, 3.05) is 7.05 Å². The van der Waals surface area contributed by atoms with E-state index >= 15 is 0 Å². The van der Waals surface area contributed by atoms with Gasteiger partial charge in [0.15, 0.2) is 0 Å². The molecule has 0 aromatic heterocycles. The number of aromatic hydroxyl groups is 1. The molecule has 4 heteroatoms. The number of rotatable bonds is 4. The Bertz CT molecular complexity index is 596. The number of phenols is 1. The minimum absolute atomic E-state index is 0.0264. The molecule has 104 valence electrons. The first-order chi connectivity index (χ1) is 9.54. The van der Waals surface area contributed by atoms with Gasteiger partial charge in [-0.1, -0.05) is 40.2 Å². The lowest BCUT2D eigenvalue weighted by molar-refractivity contribution is -0.129. The van der Waals surface area contributed by atoms with Crippen LogP contribution in [0.1, 0.15) is 11.1 Å². The summed E-state index contributed by atoms with van der Waals surface area (Å²) in [5.41, 5.74) is 1.90. The van der Waals surface area contributed by atoms with Gasteiger partial charge < -0.3 is 10.0 Å². The molecule has 0 radical (unpaired) electrons. The van der Waals surface area contributed by atoms with E-state index in [9.17, 15) is 9.90 Å². The SMILES string of the molecule is CN(Cc1ccc(Br)cc1)C(=O)Cc1cccc(O)c1. The summed E-state index contributed by atoms with van der Waals surface area (Å²) in [6.07, 6.45) is 0.293. The number of hydrogen-bond donors (Lipinski definition) is 1. The average Bonchev–Trinajstić information content (AvgIpc) is 2.41. The van der Waals surface area contributed by atoms with Gasteiger partial charge in [-0.15, -0.1) is 0 Å². The Hall–Kier alpha value is -1.81. The van der Waals surface area contributed by atoms with E-state index in [0.29, 0.717) is 13.0 Å². The van der Waals surface area contributed by atoms with Crippen LogP contribution in [0.5, 0.6) is 5.75 Å². The van der Waals surface area contributed by atoms with Crippen molar-refractivity contribution in [1.82, 2.24) is 4.90 Å². The fourth-order valence-electron chi connectivity index (χ4n) is 1.93. The molecule has 0 fully saturated rings. The summed E-state index contributed by atoms with van der Waals surface area (Å²) in [4.78, 5) is 13.8. The third-order valence-electron chi connectivity index (χ3n) is 3.02. The molecule has 1 N–H and O–H groups in total. The molecular weight excluding hydrogens is 318 g/mol. The minimum Gasteiger partial charge on any atom is -0.508 e. The largest absolute Gasteiger partial charge is 0.508 e. The number of benzene rings is 2. The van der Waals surface area contributed by atoms with Crippen LogP contribution in [0.3, 0.4) is 0 Å². The maximum absolute atomic E-state index is 12.1. The van der Waals surface area contributed by atoms with Crippen molar-refractivity contribution in [2.45, 2.75) is 13.0 Å². The highest BCUT2D eigenvalue weighted by atomic mass is 79.9. The minimum atomic E-state index is 0.0264. The molecule has 2 aromatic rings. The van der Waals surface area contributed by atoms with Crippen LogP contribution in [0.25, 0.3) is 0 Å². The number of phenolic OH excluding ortho intramolecular Hbond substituents is 1. The second-order valence-corrected chi connectivity index (χ2v) is 5.64. The van der Waals surface area contributed by atoms with Gasteiger partial charge in [-0.2, -0.15) is 0 Å². The van der Waals surface area contributed by atoms with Crippen molar-refractivity contribution < 1.29 is 9.90 Å². The highest BCUT2D eigenvalue weighted by Crippen LogP contribution is 2.14. The molecular formula is C16H16BrNO2. The molecule has 0 aliphatic heterocycles. The molecule has 0 heterocycles. The Labute approximate surface area is 127 Å². The van der Waals surface area contributed by atoms with E-state index in [4.69, 9.17) is 0 Å². The Morgan fingerprint density at radius 1 is 1.15 bits per heavy atom. The Balaban J connectivity index is 1.96. The van der Waals surface area contributed by atoms with Gasteiger partial charge in [0.2, 0.25) is 5.91 Å². The smallest absolute Gasteiger partial charge is 0.227 e. The first kappa shape index (κ1) is 14.6. The fourth-order valence-corrected chi connectivity index (χ4v) is 2.19. The van der Waals surface area contributed by atoms with E-state index < -0.39 is 0 Å². The molecule has 0 saturated heterocycles. The molecule has 2 aromatic carbocycles. The molecule has 1 amide bonds. The van der Waals surface area contributed by atoms with E-state index in [1.54, 1.807) is 30.1 Å². The van der Waals surface area contributed by atoms with Crippen LogP contribution in [-0.2, 0) is 17.8 Å². The van der Waals surface area contributed by atoms with E-state index in [2.05, 4.69) is 15.9 Å². The lowest BCUT2D eigenvalue weighted by atomic mass is 10.1. The number of carbonyl (C=O) groups excluding carboxylic acids is 1. The summed E-state index contributed by atoms with van der Waals surface area (Å²) in [6, 6.07) is 14.7. The first-order valence-electron chi connectivity index (χ1n) is 6.31. The highest BCUT2D eigenvalue weighted by molar-refractivity contribution is 9.10. The van der Waals surface area contributed by atoms with Crippen LogP contribution in [0.15, 0.2) is 53.0 Å². The van der Waals surface area contributed by atoms with Gasteiger partial charge in [-0.05, 0) is 35.4 Å². The molecule has 0 aliphatic carbocycles. The van der Waals surface area contributed by atoms with Gasteiger partial charge in [0.25, 0.3) is 0 Å². The second-order valence-electron chi connectivity index (χ2n) is 4.72. The van der Waals surface area contributed by atoms with Crippen molar-refractivity contribution >= 4 is 21.8 Å². The van der Waals surface area contributed by atoms with Gasteiger partial charge in [-0.3, -0.25) is 4.79 Å². The average molecular weight is 334 g/mol. The van der Waals surface area contributed by atoms with Crippen LogP contribution < -0.4 is 0 Å². The summed E-state index contributed by atoms with van der Waals surface area (Å²) in [7, 11) is 1.78. The Kier molecular flexibility index (Phi) is 4.79. The van der Waals surface area contributed by atoms with E-state index in [1.807, 2.05) is 30.3 Å². The van der Waals surface area contributed by atoms with Crippen molar-refractivity contribution in [3.05, 3.63) is 64.1 Å². The molecule has 2 rings (SSSR count). The van der Waals surface area contributed by atoms with Crippen molar-refractivity contribution in [3.63, 3.8) is 0 Å². The van der Waals surface area contributed by atoms with Crippen molar-refractivity contribution in [2.24, 2.45) is 0 Å².